The molecule has 1 unspecified atom stereocenters. The van der Waals surface area contributed by atoms with Crippen LogP contribution < -0.4 is 4.74 Å². The van der Waals surface area contributed by atoms with E-state index in [0.29, 0.717) is 10.8 Å². The molecule has 0 N–H and O–H groups in total. The van der Waals surface area contributed by atoms with Crippen molar-refractivity contribution in [3.8, 4) is 5.75 Å². The highest BCUT2D eigenvalue weighted by Gasteiger charge is 2.35. The van der Waals surface area contributed by atoms with Gasteiger partial charge in [-0.25, -0.2) is 4.98 Å². The van der Waals surface area contributed by atoms with E-state index in [9.17, 15) is 4.79 Å². The summed E-state index contributed by atoms with van der Waals surface area (Å²) < 4.78 is 7.58. The summed E-state index contributed by atoms with van der Waals surface area (Å²) in [6, 6.07) is 5.27. The normalized spacial score (nSPS) is 13.0. The van der Waals surface area contributed by atoms with Gasteiger partial charge in [0.05, 0.1) is 6.33 Å². The molecule has 6 heteroatoms. The number of hydrogen-bond donors (Lipinski definition) is 0. The third-order valence-corrected chi connectivity index (χ3v) is 4.30. The molecule has 2 rings (SSSR count). The summed E-state index contributed by atoms with van der Waals surface area (Å²) in [6.45, 7) is 5.47. The van der Waals surface area contributed by atoms with Crippen LogP contribution in [0.3, 0.4) is 0 Å². The van der Waals surface area contributed by atoms with Crippen LogP contribution in [0.15, 0.2) is 36.9 Å². The van der Waals surface area contributed by atoms with E-state index >= 15 is 0 Å². The highest BCUT2D eigenvalue weighted by Crippen LogP contribution is 2.30. The van der Waals surface area contributed by atoms with Gasteiger partial charge in [-0.05, 0) is 30.7 Å². The maximum atomic E-state index is 12.8. The molecule has 1 aromatic heterocycles. The molecule has 0 spiro atoms. The highest BCUT2D eigenvalue weighted by molar-refractivity contribution is 6.30. The largest absolute Gasteiger partial charge is 0.462 e. The number of alkyl halides is 1. The lowest BCUT2D eigenvalue weighted by atomic mass is 9.89. The smallest absolute Gasteiger partial charge is 0.236 e. The van der Waals surface area contributed by atoms with Gasteiger partial charge in [0.15, 0.2) is 0 Å². The summed E-state index contributed by atoms with van der Waals surface area (Å²) in [6.07, 6.45) is 4.03. The van der Waals surface area contributed by atoms with E-state index in [1.165, 1.54) is 0 Å². The van der Waals surface area contributed by atoms with E-state index in [0.717, 1.165) is 5.56 Å². The minimum Gasteiger partial charge on any atom is -0.462 e. The summed E-state index contributed by atoms with van der Waals surface area (Å²) in [5.74, 6) is 0.691. The van der Waals surface area contributed by atoms with Crippen LogP contribution in [-0.4, -0.2) is 21.2 Å². The summed E-state index contributed by atoms with van der Waals surface area (Å²) >= 11 is 11.9. The van der Waals surface area contributed by atoms with Crippen LogP contribution in [0.25, 0.3) is 0 Å². The van der Waals surface area contributed by atoms with E-state index in [1.54, 1.807) is 55.3 Å². The monoisotopic (exact) mass is 340 g/mol. The number of carbonyl (C=O) groups excluding carboxylic acids is 1. The predicted molar refractivity (Wildman–Crippen MR) is 87.6 cm³/mol. The molecule has 0 radical (unpaired) electrons. The zero-order chi connectivity index (χ0) is 16.3. The number of halogens is 2. The first-order valence-corrected chi connectivity index (χ1v) is 7.77. The number of ether oxygens (including phenoxy) is 1. The van der Waals surface area contributed by atoms with Crippen molar-refractivity contribution in [1.29, 1.82) is 0 Å². The molecule has 0 saturated heterocycles. The zero-order valence-corrected chi connectivity index (χ0v) is 14.2. The molecular formula is C16H18Cl2N2O2. The van der Waals surface area contributed by atoms with Crippen molar-refractivity contribution >= 4 is 29.0 Å². The number of Topliss-reactive ketones (excluding diaryl/α,β-unsaturated/α-hetero) is 1. The third kappa shape index (κ3) is 3.62. The van der Waals surface area contributed by atoms with Gasteiger partial charge >= 0.3 is 0 Å². The van der Waals surface area contributed by atoms with Gasteiger partial charge in [-0.2, -0.15) is 0 Å². The molecule has 0 bridgehead atoms. The van der Waals surface area contributed by atoms with E-state index in [1.807, 2.05) is 6.92 Å². The summed E-state index contributed by atoms with van der Waals surface area (Å²) in [5, 5.41) is 0.622. The van der Waals surface area contributed by atoms with Gasteiger partial charge in [0, 0.05) is 28.7 Å². The van der Waals surface area contributed by atoms with Crippen molar-refractivity contribution in [2.45, 2.75) is 27.0 Å². The molecule has 1 atom stereocenters. The topological polar surface area (TPSA) is 44.1 Å². The first kappa shape index (κ1) is 16.8. The number of rotatable bonds is 6. The van der Waals surface area contributed by atoms with Gasteiger partial charge in [0.2, 0.25) is 12.0 Å². The number of carbonyl (C=O) groups is 1. The maximum absolute atomic E-state index is 12.8. The Morgan fingerprint density at radius 2 is 2.18 bits per heavy atom. The molecule has 22 heavy (non-hydrogen) atoms. The Balaban J connectivity index is 2.36. The average molecular weight is 341 g/mol. The van der Waals surface area contributed by atoms with Crippen molar-refractivity contribution in [1.82, 2.24) is 9.55 Å². The van der Waals surface area contributed by atoms with E-state index in [2.05, 4.69) is 4.98 Å². The predicted octanol–water partition coefficient (Wildman–Crippen LogP) is 4.26. The Labute approximate surface area is 140 Å². The molecule has 0 aliphatic rings. The SMILES string of the molecule is Cc1cc(Cl)ccc1OC(C(=O)C(C)(C)CCl)n1ccnc1. The number of imidazole rings is 1. The molecule has 1 aromatic carbocycles. The van der Waals surface area contributed by atoms with Gasteiger partial charge in [-0.1, -0.05) is 25.4 Å². The summed E-state index contributed by atoms with van der Waals surface area (Å²) in [4.78, 5) is 16.8. The Morgan fingerprint density at radius 1 is 1.45 bits per heavy atom. The molecule has 0 fully saturated rings. The second-order valence-corrected chi connectivity index (χ2v) is 6.48. The Bertz CT molecular complexity index is 654. The standard InChI is InChI=1S/C16H18Cl2N2O2/c1-11-8-12(18)4-5-13(11)22-15(20-7-6-19-10-20)14(21)16(2,3)9-17/h4-8,10,15H,9H2,1-3H3. The lowest BCUT2D eigenvalue weighted by Crippen LogP contribution is -2.36. The molecular weight excluding hydrogens is 323 g/mol. The number of aryl methyl sites for hydroxylation is 1. The number of hydrogen-bond acceptors (Lipinski definition) is 3. The molecule has 0 aliphatic heterocycles. The Kier molecular flexibility index (Phi) is 5.14. The number of benzene rings is 1. The Hall–Kier alpha value is -1.52. The van der Waals surface area contributed by atoms with Crippen LogP contribution in [0.2, 0.25) is 5.02 Å². The van der Waals surface area contributed by atoms with Crippen molar-refractivity contribution < 1.29 is 9.53 Å². The Morgan fingerprint density at radius 3 is 2.73 bits per heavy atom. The molecule has 0 amide bonds. The molecule has 0 aliphatic carbocycles. The number of nitrogens with zero attached hydrogens (tertiary/aromatic N) is 2. The first-order valence-electron chi connectivity index (χ1n) is 6.85. The lowest BCUT2D eigenvalue weighted by Gasteiger charge is -2.28. The molecule has 4 nitrogen and oxygen atoms in total. The van der Waals surface area contributed by atoms with Crippen LogP contribution >= 0.6 is 23.2 Å². The van der Waals surface area contributed by atoms with E-state index < -0.39 is 11.6 Å². The minimum absolute atomic E-state index is 0.116. The molecule has 118 valence electrons. The van der Waals surface area contributed by atoms with Crippen LogP contribution in [0, 0.1) is 12.3 Å². The second kappa shape index (κ2) is 6.71. The molecule has 1 heterocycles. The quantitative estimate of drug-likeness (QED) is 0.738. The third-order valence-electron chi connectivity index (χ3n) is 3.40. The molecule has 2 aromatic rings. The van der Waals surface area contributed by atoms with Crippen molar-refractivity contribution in [3.05, 3.63) is 47.5 Å². The van der Waals surface area contributed by atoms with Crippen molar-refractivity contribution in [3.63, 3.8) is 0 Å². The van der Waals surface area contributed by atoms with Crippen LogP contribution in [-0.2, 0) is 4.79 Å². The van der Waals surface area contributed by atoms with Gasteiger partial charge in [0.25, 0.3) is 0 Å². The zero-order valence-electron chi connectivity index (χ0n) is 12.7. The van der Waals surface area contributed by atoms with Gasteiger partial charge in [0.1, 0.15) is 5.75 Å². The first-order chi connectivity index (χ1) is 10.3. The van der Waals surface area contributed by atoms with E-state index in [-0.39, 0.29) is 11.7 Å². The van der Waals surface area contributed by atoms with Crippen LogP contribution in [0.5, 0.6) is 5.75 Å². The fraction of sp³-hybridized carbons (Fsp3) is 0.375. The molecule has 0 saturated carbocycles. The minimum atomic E-state index is -0.823. The lowest BCUT2D eigenvalue weighted by molar-refractivity contribution is -0.137. The second-order valence-electron chi connectivity index (χ2n) is 5.77. The van der Waals surface area contributed by atoms with Crippen LogP contribution in [0.4, 0.5) is 0 Å². The van der Waals surface area contributed by atoms with Gasteiger partial charge < -0.3 is 4.74 Å². The summed E-state index contributed by atoms with van der Waals surface area (Å²) in [5.41, 5.74) is 0.144. The van der Waals surface area contributed by atoms with Crippen LogP contribution in [0.1, 0.15) is 25.6 Å². The fourth-order valence-corrected chi connectivity index (χ4v) is 2.28. The van der Waals surface area contributed by atoms with E-state index in [4.69, 9.17) is 27.9 Å². The number of aromatic nitrogens is 2. The van der Waals surface area contributed by atoms with Gasteiger partial charge in [-0.15, -0.1) is 11.6 Å². The summed E-state index contributed by atoms with van der Waals surface area (Å²) in [7, 11) is 0. The number of ketones is 1. The van der Waals surface area contributed by atoms with Gasteiger partial charge in [-0.3, -0.25) is 9.36 Å². The fourth-order valence-electron chi connectivity index (χ4n) is 1.92. The maximum Gasteiger partial charge on any atom is 0.236 e. The van der Waals surface area contributed by atoms with Crippen molar-refractivity contribution in [2.24, 2.45) is 5.41 Å². The average Bonchev–Trinajstić information content (AvgIpc) is 3.00. The van der Waals surface area contributed by atoms with Crippen molar-refractivity contribution in [2.75, 3.05) is 5.88 Å². The highest BCUT2D eigenvalue weighted by atomic mass is 35.5.